The number of fused-ring (bicyclic) bond motifs is 1. The predicted molar refractivity (Wildman–Crippen MR) is 94.9 cm³/mol. The van der Waals surface area contributed by atoms with Gasteiger partial charge in [-0.15, -0.1) is 0 Å². The van der Waals surface area contributed by atoms with Gasteiger partial charge in [0, 0.05) is 40.8 Å². The molecule has 0 saturated carbocycles. The average Bonchev–Trinajstić information content (AvgIpc) is 3.22. The summed E-state index contributed by atoms with van der Waals surface area (Å²) in [5.41, 5.74) is 2.41. The maximum absolute atomic E-state index is 12.4. The molecule has 0 bridgehead atoms. The number of aromatic hydroxyl groups is 1. The first-order chi connectivity index (χ1) is 12.5. The molecule has 6 nitrogen and oxygen atoms in total. The molecular weight excluding hydrogens is 334 g/mol. The van der Waals surface area contributed by atoms with Crippen molar-refractivity contribution in [3.05, 3.63) is 87.2 Å². The van der Waals surface area contributed by atoms with E-state index >= 15 is 0 Å². The van der Waals surface area contributed by atoms with E-state index in [-0.39, 0.29) is 17.2 Å². The van der Waals surface area contributed by atoms with Gasteiger partial charge in [-0.05, 0) is 36.4 Å². The first-order valence-corrected chi connectivity index (χ1v) is 7.94. The molecule has 1 N–H and O–H groups in total. The van der Waals surface area contributed by atoms with Crippen LogP contribution in [0, 0.1) is 10.1 Å². The molecule has 0 atom stereocenters. The molecule has 0 amide bonds. The van der Waals surface area contributed by atoms with Crippen LogP contribution in [-0.4, -0.2) is 15.8 Å². The van der Waals surface area contributed by atoms with E-state index in [1.54, 1.807) is 48.5 Å². The first kappa shape index (κ1) is 15.8. The number of nitrogens with zero attached hydrogens (tertiary/aromatic N) is 1. The summed E-state index contributed by atoms with van der Waals surface area (Å²) in [6, 6.07) is 14.4. The number of carbonyl (C=O) groups excluding carboxylic acids is 1. The number of nitro groups is 1. The summed E-state index contributed by atoms with van der Waals surface area (Å²) in [7, 11) is 0. The van der Waals surface area contributed by atoms with Crippen LogP contribution in [0.4, 0.5) is 5.69 Å². The van der Waals surface area contributed by atoms with Crippen LogP contribution in [0.1, 0.15) is 21.7 Å². The minimum Gasteiger partial charge on any atom is -0.508 e. The number of carbonyl (C=O) groups is 1. The summed E-state index contributed by atoms with van der Waals surface area (Å²) in [5, 5.41) is 20.6. The van der Waals surface area contributed by atoms with Gasteiger partial charge in [0.05, 0.1) is 4.92 Å². The highest BCUT2D eigenvalue weighted by Crippen LogP contribution is 2.34. The van der Waals surface area contributed by atoms with Gasteiger partial charge in [0.15, 0.2) is 5.78 Å². The lowest BCUT2D eigenvalue weighted by atomic mass is 10.1. The number of hydrogen-bond donors (Lipinski definition) is 1. The van der Waals surface area contributed by atoms with Crippen LogP contribution in [0.15, 0.2) is 64.6 Å². The fourth-order valence-electron chi connectivity index (χ4n) is 3.04. The van der Waals surface area contributed by atoms with Crippen LogP contribution >= 0.6 is 0 Å². The van der Waals surface area contributed by atoms with E-state index in [9.17, 15) is 20.0 Å². The molecule has 3 aromatic rings. The quantitative estimate of drug-likeness (QED) is 0.431. The zero-order valence-electron chi connectivity index (χ0n) is 13.5. The molecule has 0 radical (unpaired) electrons. The van der Waals surface area contributed by atoms with Crippen molar-refractivity contribution >= 4 is 17.5 Å². The Labute approximate surface area is 148 Å². The SMILES string of the molecule is O=C1/C(=C/c2ccc(-c3ccc([N+](=O)[O-])cc3)o2)Cc2c(O)cccc21. The molecule has 0 spiro atoms. The number of non-ortho nitro benzene ring substituents is 1. The number of benzene rings is 2. The molecule has 0 aliphatic heterocycles. The van der Waals surface area contributed by atoms with Crippen molar-refractivity contribution in [2.24, 2.45) is 0 Å². The van der Waals surface area contributed by atoms with Gasteiger partial charge < -0.3 is 9.52 Å². The topological polar surface area (TPSA) is 93.6 Å². The number of phenolic OH excluding ortho intramolecular Hbond substituents is 1. The van der Waals surface area contributed by atoms with Gasteiger partial charge in [-0.3, -0.25) is 14.9 Å². The summed E-state index contributed by atoms with van der Waals surface area (Å²) in [6.07, 6.45) is 2.02. The maximum Gasteiger partial charge on any atom is 0.269 e. The van der Waals surface area contributed by atoms with Gasteiger partial charge in [0.1, 0.15) is 17.3 Å². The van der Waals surface area contributed by atoms with Crippen molar-refractivity contribution in [1.82, 2.24) is 0 Å². The summed E-state index contributed by atoms with van der Waals surface area (Å²) < 4.78 is 5.75. The van der Waals surface area contributed by atoms with Gasteiger partial charge in [-0.1, -0.05) is 12.1 Å². The fraction of sp³-hybridized carbons (Fsp3) is 0.0500. The number of Topliss-reactive ketones (excluding diaryl/α,β-unsaturated/α-hetero) is 1. The number of nitro benzene ring substituents is 1. The zero-order valence-corrected chi connectivity index (χ0v) is 13.5. The van der Waals surface area contributed by atoms with Crippen LogP contribution in [0.3, 0.4) is 0 Å². The van der Waals surface area contributed by atoms with Gasteiger partial charge in [0.25, 0.3) is 5.69 Å². The van der Waals surface area contributed by atoms with Crippen LogP contribution in [0.2, 0.25) is 0 Å². The van der Waals surface area contributed by atoms with Crippen LogP contribution < -0.4 is 0 Å². The Kier molecular flexibility index (Phi) is 3.65. The number of allylic oxidation sites excluding steroid dienone is 1. The Morgan fingerprint density at radius 1 is 1.08 bits per heavy atom. The van der Waals surface area contributed by atoms with E-state index in [1.165, 1.54) is 12.1 Å². The maximum atomic E-state index is 12.4. The third-order valence-corrected chi connectivity index (χ3v) is 4.36. The Bertz CT molecular complexity index is 1060. The molecule has 1 aliphatic rings. The van der Waals surface area contributed by atoms with Gasteiger partial charge in [-0.2, -0.15) is 0 Å². The Balaban J connectivity index is 1.61. The second-order valence-electron chi connectivity index (χ2n) is 5.98. The molecule has 1 heterocycles. The summed E-state index contributed by atoms with van der Waals surface area (Å²) in [6.45, 7) is 0. The zero-order chi connectivity index (χ0) is 18.3. The summed E-state index contributed by atoms with van der Waals surface area (Å²) in [5.74, 6) is 1.06. The molecule has 4 rings (SSSR count). The lowest BCUT2D eigenvalue weighted by Gasteiger charge is -1.98. The Morgan fingerprint density at radius 2 is 1.85 bits per heavy atom. The molecule has 1 aliphatic carbocycles. The predicted octanol–water partition coefficient (Wildman–Crippen LogP) is 4.38. The highest BCUT2D eigenvalue weighted by molar-refractivity contribution is 6.15. The van der Waals surface area contributed by atoms with Crippen molar-refractivity contribution < 1.29 is 19.2 Å². The van der Waals surface area contributed by atoms with E-state index in [4.69, 9.17) is 4.42 Å². The highest BCUT2D eigenvalue weighted by Gasteiger charge is 2.27. The van der Waals surface area contributed by atoms with Crippen molar-refractivity contribution in [2.75, 3.05) is 0 Å². The van der Waals surface area contributed by atoms with Crippen LogP contribution in [0.25, 0.3) is 17.4 Å². The van der Waals surface area contributed by atoms with Gasteiger partial charge in [-0.25, -0.2) is 0 Å². The summed E-state index contributed by atoms with van der Waals surface area (Å²) >= 11 is 0. The third kappa shape index (κ3) is 2.67. The second-order valence-corrected chi connectivity index (χ2v) is 5.98. The summed E-state index contributed by atoms with van der Waals surface area (Å²) in [4.78, 5) is 22.7. The van der Waals surface area contributed by atoms with E-state index in [2.05, 4.69) is 0 Å². The van der Waals surface area contributed by atoms with Crippen molar-refractivity contribution in [2.45, 2.75) is 6.42 Å². The van der Waals surface area contributed by atoms with Gasteiger partial charge in [0.2, 0.25) is 0 Å². The fourth-order valence-corrected chi connectivity index (χ4v) is 3.04. The lowest BCUT2D eigenvalue weighted by molar-refractivity contribution is -0.384. The van der Waals surface area contributed by atoms with Crippen molar-refractivity contribution in [1.29, 1.82) is 0 Å². The molecule has 0 unspecified atom stereocenters. The number of phenols is 1. The van der Waals surface area contributed by atoms with E-state index in [1.807, 2.05) is 0 Å². The highest BCUT2D eigenvalue weighted by atomic mass is 16.6. The Hall–Kier alpha value is -3.67. The molecule has 6 heteroatoms. The van der Waals surface area contributed by atoms with Gasteiger partial charge >= 0.3 is 0 Å². The van der Waals surface area contributed by atoms with E-state index in [0.29, 0.717) is 40.2 Å². The standard InChI is InChI=1S/C20H13NO5/c22-18-3-1-2-16-17(18)11-13(20(16)23)10-15-8-9-19(26-15)12-4-6-14(7-5-12)21(24)25/h1-10,22H,11H2/b13-10+. The first-order valence-electron chi connectivity index (χ1n) is 7.94. The average molecular weight is 347 g/mol. The largest absolute Gasteiger partial charge is 0.508 e. The number of rotatable bonds is 3. The number of hydrogen-bond acceptors (Lipinski definition) is 5. The van der Waals surface area contributed by atoms with Crippen molar-refractivity contribution in [3.8, 4) is 17.1 Å². The monoisotopic (exact) mass is 347 g/mol. The van der Waals surface area contributed by atoms with Crippen LogP contribution in [0.5, 0.6) is 5.75 Å². The molecule has 2 aromatic carbocycles. The number of ketones is 1. The van der Waals surface area contributed by atoms with Crippen molar-refractivity contribution in [3.63, 3.8) is 0 Å². The number of furan rings is 1. The molecule has 1 aromatic heterocycles. The third-order valence-electron chi connectivity index (χ3n) is 4.36. The van der Waals surface area contributed by atoms with Crippen LogP contribution in [-0.2, 0) is 6.42 Å². The smallest absolute Gasteiger partial charge is 0.269 e. The Morgan fingerprint density at radius 3 is 2.54 bits per heavy atom. The minimum atomic E-state index is -0.458. The lowest BCUT2D eigenvalue weighted by Crippen LogP contribution is -1.94. The molecule has 26 heavy (non-hydrogen) atoms. The molecule has 0 saturated heterocycles. The minimum absolute atomic E-state index is 0.0109. The molecule has 0 fully saturated rings. The van der Waals surface area contributed by atoms with E-state index < -0.39 is 4.92 Å². The van der Waals surface area contributed by atoms with E-state index in [0.717, 1.165) is 0 Å². The molecular formula is C20H13NO5. The normalized spacial score (nSPS) is 14.6. The second kappa shape index (κ2) is 6.00. The molecule has 128 valence electrons.